The predicted octanol–water partition coefficient (Wildman–Crippen LogP) is 6.40. The number of benzene rings is 3. The van der Waals surface area contributed by atoms with Crippen LogP contribution >= 0.6 is 0 Å². The van der Waals surface area contributed by atoms with Crippen LogP contribution in [-0.4, -0.2) is 31.4 Å². The second-order valence-electron chi connectivity index (χ2n) is 8.64. The van der Waals surface area contributed by atoms with Crippen LogP contribution in [0.5, 0.6) is 0 Å². The average Bonchev–Trinajstić information content (AvgIpc) is 3.71. The number of carbonyl (C=O) groups excluding carboxylic acids is 1. The van der Waals surface area contributed by atoms with E-state index in [1.165, 1.54) is 24.3 Å². The van der Waals surface area contributed by atoms with E-state index >= 15 is 0 Å². The molecule has 3 aromatic rings. The van der Waals surface area contributed by atoms with Gasteiger partial charge in [-0.3, -0.25) is 0 Å². The fraction of sp³-hybridized carbons (Fsp3) is 0.250. The number of halogens is 3. The summed E-state index contributed by atoms with van der Waals surface area (Å²) in [6, 6.07) is 14.0. The molecular formula is C28H23F3O4. The lowest BCUT2D eigenvalue weighted by atomic mass is 9.97. The van der Waals surface area contributed by atoms with Gasteiger partial charge < -0.3 is 14.2 Å². The quantitative estimate of drug-likeness (QED) is 0.233. The minimum Gasteiger partial charge on any atom is -0.456 e. The number of ether oxygens (including phenoxy) is 3. The van der Waals surface area contributed by atoms with E-state index in [4.69, 9.17) is 14.2 Å². The van der Waals surface area contributed by atoms with Gasteiger partial charge in [-0.25, -0.2) is 18.0 Å². The summed E-state index contributed by atoms with van der Waals surface area (Å²) in [7, 11) is 0. The van der Waals surface area contributed by atoms with Crippen LogP contribution in [0.3, 0.4) is 0 Å². The highest BCUT2D eigenvalue weighted by Crippen LogP contribution is 2.36. The van der Waals surface area contributed by atoms with Gasteiger partial charge in [0.15, 0.2) is 11.6 Å². The molecule has 7 heteroatoms. The Morgan fingerprint density at radius 1 is 0.886 bits per heavy atom. The highest BCUT2D eigenvalue weighted by Gasteiger charge is 2.30. The van der Waals surface area contributed by atoms with Crippen molar-refractivity contribution in [1.29, 1.82) is 0 Å². The van der Waals surface area contributed by atoms with E-state index in [1.807, 2.05) is 0 Å². The standard InChI is InChI=1S/C28H23F3O4/c1-2-19-8-9-20(14-33-19)35-28(32)22-10-7-18(13-24(22)29)16-3-5-17(6-4-16)21-11-12-23(25-15-34-25)27(31)26(21)30/h2-7,10-13,19-20,25H,1,8-9,14-15H2. The first-order chi connectivity index (χ1) is 16.9. The molecule has 3 unspecified atom stereocenters. The third-order valence-corrected chi connectivity index (χ3v) is 6.32. The lowest BCUT2D eigenvalue weighted by Gasteiger charge is -2.27. The number of hydrogen-bond donors (Lipinski definition) is 0. The number of esters is 1. The molecule has 2 fully saturated rings. The van der Waals surface area contributed by atoms with Crippen molar-refractivity contribution < 1.29 is 32.2 Å². The van der Waals surface area contributed by atoms with Gasteiger partial charge in [-0.2, -0.15) is 0 Å². The van der Waals surface area contributed by atoms with Gasteiger partial charge in [0, 0.05) is 11.1 Å². The molecule has 5 rings (SSSR count). The van der Waals surface area contributed by atoms with E-state index in [1.54, 1.807) is 36.4 Å². The topological polar surface area (TPSA) is 48.1 Å². The van der Waals surface area contributed by atoms with E-state index in [2.05, 4.69) is 6.58 Å². The van der Waals surface area contributed by atoms with Gasteiger partial charge in [0.1, 0.15) is 18.0 Å². The number of epoxide rings is 1. The zero-order valence-electron chi connectivity index (χ0n) is 18.8. The van der Waals surface area contributed by atoms with Crippen LogP contribution in [0.15, 0.2) is 67.3 Å². The molecule has 2 aliphatic heterocycles. The lowest BCUT2D eigenvalue weighted by Crippen LogP contribution is -2.32. The maximum atomic E-state index is 14.8. The molecule has 180 valence electrons. The highest BCUT2D eigenvalue weighted by atomic mass is 19.2. The molecule has 4 nitrogen and oxygen atoms in total. The average molecular weight is 480 g/mol. The van der Waals surface area contributed by atoms with Crippen LogP contribution in [-0.2, 0) is 14.2 Å². The zero-order valence-corrected chi connectivity index (χ0v) is 18.8. The minimum atomic E-state index is -0.928. The number of rotatable bonds is 6. The highest BCUT2D eigenvalue weighted by molar-refractivity contribution is 5.90. The summed E-state index contributed by atoms with van der Waals surface area (Å²) in [5.74, 6) is -3.28. The molecule has 3 aromatic carbocycles. The van der Waals surface area contributed by atoms with E-state index in [9.17, 15) is 18.0 Å². The normalized spacial score (nSPS) is 21.4. The monoisotopic (exact) mass is 480 g/mol. The van der Waals surface area contributed by atoms with Crippen molar-refractivity contribution in [1.82, 2.24) is 0 Å². The summed E-state index contributed by atoms with van der Waals surface area (Å²) in [5.41, 5.74) is 1.87. The Morgan fingerprint density at radius 2 is 1.60 bits per heavy atom. The minimum absolute atomic E-state index is 0.0559. The van der Waals surface area contributed by atoms with Crippen molar-refractivity contribution in [3.8, 4) is 22.3 Å². The molecule has 2 heterocycles. The van der Waals surface area contributed by atoms with Crippen molar-refractivity contribution in [2.24, 2.45) is 0 Å². The SMILES string of the molecule is C=CC1CCC(OC(=O)c2ccc(-c3ccc(-c4ccc(C5CO5)c(F)c4F)cc3)cc2F)CO1. The largest absolute Gasteiger partial charge is 0.456 e. The fourth-order valence-corrected chi connectivity index (χ4v) is 4.21. The Hall–Kier alpha value is -3.42. The second kappa shape index (κ2) is 9.68. The van der Waals surface area contributed by atoms with Gasteiger partial charge in [0.25, 0.3) is 0 Å². The van der Waals surface area contributed by atoms with Crippen molar-refractivity contribution in [3.05, 3.63) is 95.8 Å². The van der Waals surface area contributed by atoms with Crippen LogP contribution in [0.1, 0.15) is 34.9 Å². The second-order valence-corrected chi connectivity index (χ2v) is 8.64. The molecule has 0 N–H and O–H groups in total. The first kappa shape index (κ1) is 23.3. The molecule has 3 atom stereocenters. The Labute approximate surface area is 200 Å². The summed E-state index contributed by atoms with van der Waals surface area (Å²) in [6.07, 6.45) is 2.15. The van der Waals surface area contributed by atoms with Crippen LogP contribution < -0.4 is 0 Å². The molecule has 0 radical (unpaired) electrons. The Balaban J connectivity index is 1.29. The van der Waals surface area contributed by atoms with Crippen LogP contribution in [0.2, 0.25) is 0 Å². The van der Waals surface area contributed by atoms with E-state index < -0.39 is 29.5 Å². The summed E-state index contributed by atoms with van der Waals surface area (Å²) < 4.78 is 59.7. The predicted molar refractivity (Wildman–Crippen MR) is 124 cm³/mol. The van der Waals surface area contributed by atoms with Gasteiger partial charge in [0.2, 0.25) is 0 Å². The van der Waals surface area contributed by atoms with Crippen molar-refractivity contribution >= 4 is 5.97 Å². The Morgan fingerprint density at radius 3 is 2.23 bits per heavy atom. The third-order valence-electron chi connectivity index (χ3n) is 6.32. The molecule has 0 bridgehead atoms. The number of carbonyl (C=O) groups is 1. The molecular weight excluding hydrogens is 457 g/mol. The smallest absolute Gasteiger partial charge is 0.341 e. The molecule has 2 saturated heterocycles. The van der Waals surface area contributed by atoms with Gasteiger partial charge >= 0.3 is 5.97 Å². The van der Waals surface area contributed by atoms with E-state index in [0.29, 0.717) is 36.1 Å². The lowest BCUT2D eigenvalue weighted by molar-refractivity contribution is -0.0516. The van der Waals surface area contributed by atoms with Crippen molar-refractivity contribution in [2.75, 3.05) is 13.2 Å². The van der Waals surface area contributed by atoms with E-state index in [-0.39, 0.29) is 35.5 Å². The molecule has 0 aromatic heterocycles. The van der Waals surface area contributed by atoms with Crippen LogP contribution in [0.25, 0.3) is 22.3 Å². The van der Waals surface area contributed by atoms with Gasteiger partial charge in [-0.15, -0.1) is 6.58 Å². The maximum absolute atomic E-state index is 14.8. The summed E-state index contributed by atoms with van der Waals surface area (Å²) in [4.78, 5) is 12.5. The summed E-state index contributed by atoms with van der Waals surface area (Å²) >= 11 is 0. The summed E-state index contributed by atoms with van der Waals surface area (Å²) in [6.45, 7) is 4.32. The van der Waals surface area contributed by atoms with Gasteiger partial charge in [-0.05, 0) is 41.7 Å². The van der Waals surface area contributed by atoms with Crippen LogP contribution in [0, 0.1) is 17.5 Å². The molecule has 0 aliphatic carbocycles. The van der Waals surface area contributed by atoms with Gasteiger partial charge in [-0.1, -0.05) is 48.5 Å². The molecule has 0 amide bonds. The Kier molecular flexibility index (Phi) is 6.45. The maximum Gasteiger partial charge on any atom is 0.341 e. The van der Waals surface area contributed by atoms with E-state index in [0.717, 1.165) is 0 Å². The molecule has 0 spiro atoms. The van der Waals surface area contributed by atoms with Crippen molar-refractivity contribution in [2.45, 2.75) is 31.2 Å². The third kappa shape index (κ3) is 4.88. The Bertz CT molecular complexity index is 1260. The summed E-state index contributed by atoms with van der Waals surface area (Å²) in [5, 5.41) is 0. The first-order valence-corrected chi connectivity index (χ1v) is 11.4. The van der Waals surface area contributed by atoms with Crippen molar-refractivity contribution in [3.63, 3.8) is 0 Å². The zero-order chi connectivity index (χ0) is 24.5. The molecule has 0 saturated carbocycles. The van der Waals surface area contributed by atoms with Gasteiger partial charge in [0.05, 0.1) is 24.9 Å². The fourth-order valence-electron chi connectivity index (χ4n) is 4.21. The molecule has 35 heavy (non-hydrogen) atoms. The number of hydrogen-bond acceptors (Lipinski definition) is 4. The van der Waals surface area contributed by atoms with Crippen LogP contribution in [0.4, 0.5) is 13.2 Å². The first-order valence-electron chi connectivity index (χ1n) is 11.4. The molecule has 2 aliphatic rings.